The Kier molecular flexibility index (Phi) is 4.35. The summed E-state index contributed by atoms with van der Waals surface area (Å²) in [4.78, 5) is 42.1. The van der Waals surface area contributed by atoms with Crippen LogP contribution in [0.3, 0.4) is 0 Å². The highest BCUT2D eigenvalue weighted by atomic mass is 16.5. The van der Waals surface area contributed by atoms with Gasteiger partial charge in [0.15, 0.2) is 16.9 Å². The molecular weight excluding hydrogens is 338 g/mol. The second-order valence-electron chi connectivity index (χ2n) is 6.54. The highest BCUT2D eigenvalue weighted by molar-refractivity contribution is 5.81. The van der Waals surface area contributed by atoms with Crippen LogP contribution in [0.1, 0.15) is 31.3 Å². The van der Waals surface area contributed by atoms with Gasteiger partial charge in [0.25, 0.3) is 5.56 Å². The fraction of sp³-hybridized carbons (Fsp3) is 0.529. The maximum absolute atomic E-state index is 13.1. The number of hydrogen-bond donors (Lipinski definition) is 0. The van der Waals surface area contributed by atoms with Crippen LogP contribution in [0.4, 0.5) is 0 Å². The van der Waals surface area contributed by atoms with E-state index in [2.05, 4.69) is 4.98 Å². The van der Waals surface area contributed by atoms with Crippen LogP contribution < -0.4 is 11.2 Å². The lowest BCUT2D eigenvalue weighted by Crippen LogP contribution is -2.42. The van der Waals surface area contributed by atoms with E-state index in [1.54, 1.807) is 25.5 Å². The zero-order chi connectivity index (χ0) is 19.3. The van der Waals surface area contributed by atoms with Crippen molar-refractivity contribution in [3.8, 4) is 0 Å². The number of nitrogens with zero attached hydrogens (tertiary/aromatic N) is 5. The Bertz CT molecular complexity index is 1140. The number of methoxy groups -OCH3 is 1. The summed E-state index contributed by atoms with van der Waals surface area (Å²) in [6, 6.07) is -0.840. The predicted molar refractivity (Wildman–Crippen MR) is 96.9 cm³/mol. The number of ether oxygens (including phenoxy) is 1. The van der Waals surface area contributed by atoms with Gasteiger partial charge in [-0.25, -0.2) is 9.36 Å². The third kappa shape index (κ3) is 2.34. The van der Waals surface area contributed by atoms with Crippen molar-refractivity contribution in [3.05, 3.63) is 32.2 Å². The average molecular weight is 361 g/mol. The predicted octanol–water partition coefficient (Wildman–Crippen LogP) is 0.563. The first-order chi connectivity index (χ1) is 12.2. The molecule has 140 valence electrons. The molecule has 0 bridgehead atoms. The zero-order valence-electron chi connectivity index (χ0n) is 15.9. The van der Waals surface area contributed by atoms with Gasteiger partial charge in [0.1, 0.15) is 0 Å². The lowest BCUT2D eigenvalue weighted by molar-refractivity contribution is -0.119. The standard InChI is InChI=1S/C17H23N5O4/c1-9-10(2)21-13-14(18-16(21)20(9)7-8-26-6)19(5)17(25)22(15(13)24)11(3)12(4)23/h11H,7-8H2,1-6H3/t11-/m0/s1. The summed E-state index contributed by atoms with van der Waals surface area (Å²) < 4.78 is 11.2. The van der Waals surface area contributed by atoms with E-state index >= 15 is 0 Å². The van der Waals surface area contributed by atoms with E-state index in [4.69, 9.17) is 4.74 Å². The molecule has 0 aliphatic carbocycles. The molecule has 0 radical (unpaired) electrons. The van der Waals surface area contributed by atoms with Crippen LogP contribution in [-0.2, 0) is 23.1 Å². The number of rotatable bonds is 5. The maximum atomic E-state index is 13.1. The zero-order valence-corrected chi connectivity index (χ0v) is 15.9. The molecule has 0 aliphatic rings. The maximum Gasteiger partial charge on any atom is 0.333 e. The molecule has 0 aromatic carbocycles. The summed E-state index contributed by atoms with van der Waals surface area (Å²) in [6.45, 7) is 7.84. The molecule has 0 saturated carbocycles. The number of carbonyl (C=O) groups is 1. The van der Waals surface area contributed by atoms with Gasteiger partial charge in [0.05, 0.1) is 12.6 Å². The van der Waals surface area contributed by atoms with Crippen molar-refractivity contribution >= 4 is 22.7 Å². The number of ketones is 1. The molecule has 0 amide bonds. The van der Waals surface area contributed by atoms with Gasteiger partial charge < -0.3 is 9.30 Å². The lowest BCUT2D eigenvalue weighted by Gasteiger charge is -2.12. The van der Waals surface area contributed by atoms with Gasteiger partial charge in [-0.3, -0.25) is 18.6 Å². The molecule has 3 heterocycles. The van der Waals surface area contributed by atoms with Crippen LogP contribution in [0.15, 0.2) is 9.59 Å². The Hall–Kier alpha value is -2.68. The quantitative estimate of drug-likeness (QED) is 0.662. The molecule has 3 rings (SSSR count). The first kappa shape index (κ1) is 18.1. The number of fused-ring (bicyclic) bond motifs is 3. The fourth-order valence-electron chi connectivity index (χ4n) is 3.26. The van der Waals surface area contributed by atoms with Gasteiger partial charge in [-0.05, 0) is 27.7 Å². The molecule has 3 aromatic rings. The second kappa shape index (κ2) is 6.24. The SMILES string of the molecule is COCCn1c(C)c(C)n2c3c(=O)n([C@@H](C)C(C)=O)c(=O)n(C)c3nc12. The van der Waals surface area contributed by atoms with E-state index in [1.165, 1.54) is 11.5 Å². The molecule has 0 saturated heterocycles. The van der Waals surface area contributed by atoms with Gasteiger partial charge in [-0.1, -0.05) is 0 Å². The molecule has 0 fully saturated rings. The fourth-order valence-corrected chi connectivity index (χ4v) is 3.26. The number of hydrogen-bond acceptors (Lipinski definition) is 5. The third-order valence-electron chi connectivity index (χ3n) is 5.07. The topological polar surface area (TPSA) is 92.5 Å². The van der Waals surface area contributed by atoms with Gasteiger partial charge in [-0.2, -0.15) is 4.98 Å². The lowest BCUT2D eigenvalue weighted by atomic mass is 10.2. The van der Waals surface area contributed by atoms with Crippen LogP contribution in [0.2, 0.25) is 0 Å². The molecule has 0 spiro atoms. The Morgan fingerprint density at radius 1 is 1.23 bits per heavy atom. The van der Waals surface area contributed by atoms with Crippen molar-refractivity contribution in [2.24, 2.45) is 7.05 Å². The van der Waals surface area contributed by atoms with Crippen molar-refractivity contribution in [1.29, 1.82) is 0 Å². The largest absolute Gasteiger partial charge is 0.383 e. The number of aromatic nitrogens is 5. The van der Waals surface area contributed by atoms with Crippen LogP contribution >= 0.6 is 0 Å². The molecule has 3 aromatic heterocycles. The molecule has 0 N–H and O–H groups in total. The molecular formula is C17H23N5O4. The molecule has 26 heavy (non-hydrogen) atoms. The van der Waals surface area contributed by atoms with Crippen molar-refractivity contribution < 1.29 is 9.53 Å². The third-order valence-corrected chi connectivity index (χ3v) is 5.07. The normalized spacial score (nSPS) is 13.0. The Balaban J connectivity index is 2.49. The molecule has 0 aliphatic heterocycles. The summed E-state index contributed by atoms with van der Waals surface area (Å²) in [5, 5.41) is 0. The smallest absolute Gasteiger partial charge is 0.333 e. The number of Topliss-reactive ketones (excluding diaryl/α,β-unsaturated/α-hetero) is 1. The van der Waals surface area contributed by atoms with Gasteiger partial charge in [0.2, 0.25) is 5.78 Å². The van der Waals surface area contributed by atoms with E-state index < -0.39 is 17.3 Å². The minimum atomic E-state index is -0.840. The van der Waals surface area contributed by atoms with Gasteiger partial charge >= 0.3 is 5.69 Å². The molecule has 0 unspecified atom stereocenters. The van der Waals surface area contributed by atoms with Crippen LogP contribution in [0.5, 0.6) is 0 Å². The minimum Gasteiger partial charge on any atom is -0.383 e. The molecule has 1 atom stereocenters. The van der Waals surface area contributed by atoms with Crippen molar-refractivity contribution in [2.75, 3.05) is 13.7 Å². The van der Waals surface area contributed by atoms with Gasteiger partial charge in [-0.15, -0.1) is 0 Å². The number of imidazole rings is 2. The van der Waals surface area contributed by atoms with Crippen LogP contribution in [-0.4, -0.2) is 42.6 Å². The summed E-state index contributed by atoms with van der Waals surface area (Å²) in [6.07, 6.45) is 0. The van der Waals surface area contributed by atoms with E-state index in [1.807, 2.05) is 18.4 Å². The monoisotopic (exact) mass is 361 g/mol. The Labute approximate surface area is 149 Å². The van der Waals surface area contributed by atoms with Crippen molar-refractivity contribution in [2.45, 2.75) is 40.3 Å². The highest BCUT2D eigenvalue weighted by Crippen LogP contribution is 2.20. The summed E-state index contributed by atoms with van der Waals surface area (Å²) >= 11 is 0. The van der Waals surface area contributed by atoms with Crippen LogP contribution in [0, 0.1) is 13.8 Å². The van der Waals surface area contributed by atoms with E-state index in [0.29, 0.717) is 30.1 Å². The number of aryl methyl sites for hydroxylation is 2. The molecule has 9 heteroatoms. The summed E-state index contributed by atoms with van der Waals surface area (Å²) in [7, 11) is 3.18. The van der Waals surface area contributed by atoms with Crippen LogP contribution in [0.25, 0.3) is 16.9 Å². The van der Waals surface area contributed by atoms with Gasteiger partial charge in [0, 0.05) is 32.1 Å². The number of carbonyl (C=O) groups excluding carboxylic acids is 1. The average Bonchev–Trinajstić information content (AvgIpc) is 3.08. The summed E-state index contributed by atoms with van der Waals surface area (Å²) in [5.41, 5.74) is 1.36. The first-order valence-electron chi connectivity index (χ1n) is 8.41. The van der Waals surface area contributed by atoms with E-state index in [0.717, 1.165) is 16.0 Å². The van der Waals surface area contributed by atoms with Crippen molar-refractivity contribution in [1.82, 2.24) is 23.1 Å². The van der Waals surface area contributed by atoms with E-state index in [9.17, 15) is 14.4 Å². The minimum absolute atomic E-state index is 0.255. The summed E-state index contributed by atoms with van der Waals surface area (Å²) in [5.74, 6) is 0.322. The first-order valence-corrected chi connectivity index (χ1v) is 8.41. The van der Waals surface area contributed by atoms with E-state index in [-0.39, 0.29) is 5.78 Å². The Morgan fingerprint density at radius 3 is 2.46 bits per heavy atom. The van der Waals surface area contributed by atoms with Crippen molar-refractivity contribution in [3.63, 3.8) is 0 Å². The molecule has 9 nitrogen and oxygen atoms in total. The Morgan fingerprint density at radius 2 is 1.88 bits per heavy atom. The highest BCUT2D eigenvalue weighted by Gasteiger charge is 2.25. The second-order valence-corrected chi connectivity index (χ2v) is 6.54.